The van der Waals surface area contributed by atoms with Gasteiger partial charge in [-0.15, -0.1) is 13.2 Å². The van der Waals surface area contributed by atoms with Crippen molar-refractivity contribution in [1.82, 2.24) is 9.78 Å². The van der Waals surface area contributed by atoms with E-state index in [2.05, 4.69) is 9.84 Å². The molecule has 11 heteroatoms. The van der Waals surface area contributed by atoms with Crippen LogP contribution in [0.15, 0.2) is 94.2 Å². The lowest BCUT2D eigenvalue weighted by Gasteiger charge is -2.23. The van der Waals surface area contributed by atoms with Crippen molar-refractivity contribution >= 4 is 21.2 Å². The van der Waals surface area contributed by atoms with Gasteiger partial charge in [-0.05, 0) is 55.3 Å². The number of rotatable bonds is 5. The van der Waals surface area contributed by atoms with Crippen molar-refractivity contribution in [2.24, 2.45) is 5.10 Å². The molecule has 0 radical (unpaired) electrons. The summed E-state index contributed by atoms with van der Waals surface area (Å²) in [4.78, 5) is 0.158. The SMILES string of the molecule is CS(=O)(=O)c1cccc(-n2nccc2C2=NN(c3cccc(OC(F)(F)F)c3)C=CC2=C2CC2)c1. The van der Waals surface area contributed by atoms with Crippen LogP contribution in [0.2, 0.25) is 0 Å². The first kappa shape index (κ1) is 22.9. The van der Waals surface area contributed by atoms with E-state index < -0.39 is 16.2 Å². The minimum Gasteiger partial charge on any atom is -0.406 e. The molecule has 1 fully saturated rings. The van der Waals surface area contributed by atoms with Crippen molar-refractivity contribution < 1.29 is 26.3 Å². The minimum absolute atomic E-state index is 0.158. The van der Waals surface area contributed by atoms with Gasteiger partial charge in [0.1, 0.15) is 11.5 Å². The number of allylic oxidation sites excluding steroid dienone is 3. The Morgan fingerprint density at radius 2 is 1.74 bits per heavy atom. The van der Waals surface area contributed by atoms with Crippen molar-refractivity contribution in [1.29, 1.82) is 0 Å². The molecule has 35 heavy (non-hydrogen) atoms. The molecule has 2 heterocycles. The molecule has 1 aromatic heterocycles. The van der Waals surface area contributed by atoms with Gasteiger partial charge < -0.3 is 4.74 Å². The van der Waals surface area contributed by atoms with Gasteiger partial charge >= 0.3 is 6.36 Å². The van der Waals surface area contributed by atoms with Crippen LogP contribution in [0.4, 0.5) is 18.9 Å². The third-order valence-corrected chi connectivity index (χ3v) is 6.53. The van der Waals surface area contributed by atoms with E-state index in [0.29, 0.717) is 22.8 Å². The number of hydrazone groups is 1. The summed E-state index contributed by atoms with van der Waals surface area (Å²) in [5.41, 5.74) is 4.21. The summed E-state index contributed by atoms with van der Waals surface area (Å²) in [6, 6.07) is 13.7. The number of ether oxygens (including phenoxy) is 1. The molecular weight excluding hydrogens is 481 g/mol. The summed E-state index contributed by atoms with van der Waals surface area (Å²) in [6.45, 7) is 0. The number of nitrogens with zero attached hydrogens (tertiary/aromatic N) is 4. The zero-order valence-electron chi connectivity index (χ0n) is 18.4. The van der Waals surface area contributed by atoms with Crippen molar-refractivity contribution in [2.75, 3.05) is 11.3 Å². The molecule has 0 bridgehead atoms. The fraction of sp³-hybridized carbons (Fsp3) is 0.167. The van der Waals surface area contributed by atoms with E-state index in [1.165, 1.54) is 40.9 Å². The molecule has 5 rings (SSSR count). The Morgan fingerprint density at radius 3 is 2.46 bits per heavy atom. The van der Waals surface area contributed by atoms with Gasteiger partial charge in [-0.3, -0.25) is 0 Å². The lowest BCUT2D eigenvalue weighted by Crippen LogP contribution is -2.22. The Balaban J connectivity index is 1.57. The first-order chi connectivity index (χ1) is 16.6. The summed E-state index contributed by atoms with van der Waals surface area (Å²) in [5, 5.41) is 10.6. The first-order valence-electron chi connectivity index (χ1n) is 10.6. The van der Waals surface area contributed by atoms with E-state index in [1.807, 2.05) is 6.08 Å². The quantitative estimate of drug-likeness (QED) is 0.493. The Hall–Kier alpha value is -3.86. The summed E-state index contributed by atoms with van der Waals surface area (Å²) in [7, 11) is -3.42. The highest BCUT2D eigenvalue weighted by Gasteiger charge is 2.31. The second-order valence-corrected chi connectivity index (χ2v) is 10.1. The zero-order chi connectivity index (χ0) is 24.8. The minimum atomic E-state index is -4.80. The van der Waals surface area contributed by atoms with Crippen molar-refractivity contribution in [3.05, 3.63) is 89.9 Å². The van der Waals surface area contributed by atoms with Crippen LogP contribution in [0.5, 0.6) is 5.75 Å². The number of anilines is 1. The summed E-state index contributed by atoms with van der Waals surface area (Å²) in [6.07, 6.45) is 3.31. The van der Waals surface area contributed by atoms with Gasteiger partial charge in [-0.25, -0.2) is 18.1 Å². The molecule has 0 unspecified atom stereocenters. The molecule has 0 atom stereocenters. The van der Waals surface area contributed by atoms with Crippen LogP contribution < -0.4 is 9.75 Å². The van der Waals surface area contributed by atoms with E-state index in [1.54, 1.807) is 41.3 Å². The lowest BCUT2D eigenvalue weighted by molar-refractivity contribution is -0.274. The van der Waals surface area contributed by atoms with Crippen LogP contribution in [-0.2, 0) is 9.84 Å². The van der Waals surface area contributed by atoms with Gasteiger partial charge in [0, 0.05) is 24.1 Å². The Kier molecular flexibility index (Phi) is 5.51. The molecule has 1 aliphatic heterocycles. The molecule has 7 nitrogen and oxygen atoms in total. The Labute approximate surface area is 199 Å². The van der Waals surface area contributed by atoms with Gasteiger partial charge in [0.2, 0.25) is 0 Å². The maximum atomic E-state index is 12.7. The van der Waals surface area contributed by atoms with Crippen LogP contribution in [0.3, 0.4) is 0 Å². The first-order valence-corrected chi connectivity index (χ1v) is 12.5. The molecule has 0 spiro atoms. The van der Waals surface area contributed by atoms with E-state index >= 15 is 0 Å². The van der Waals surface area contributed by atoms with Gasteiger partial charge in [0.15, 0.2) is 9.84 Å². The molecule has 1 aliphatic carbocycles. The summed E-state index contributed by atoms with van der Waals surface area (Å²) >= 11 is 0. The zero-order valence-corrected chi connectivity index (χ0v) is 19.2. The normalized spacial score (nSPS) is 15.9. The number of halogens is 3. The third-order valence-electron chi connectivity index (χ3n) is 5.42. The smallest absolute Gasteiger partial charge is 0.406 e. The molecule has 2 aromatic carbocycles. The largest absolute Gasteiger partial charge is 0.573 e. The lowest BCUT2D eigenvalue weighted by atomic mass is 10.0. The van der Waals surface area contributed by atoms with Gasteiger partial charge in [-0.1, -0.05) is 17.7 Å². The molecule has 3 aromatic rings. The van der Waals surface area contributed by atoms with Crippen LogP contribution in [-0.4, -0.2) is 36.5 Å². The van der Waals surface area contributed by atoms with Gasteiger partial charge in [-0.2, -0.15) is 10.2 Å². The number of benzene rings is 2. The summed E-state index contributed by atoms with van der Waals surface area (Å²) < 4.78 is 67.8. The van der Waals surface area contributed by atoms with Crippen molar-refractivity contribution in [3.8, 4) is 11.4 Å². The molecule has 180 valence electrons. The highest BCUT2D eigenvalue weighted by atomic mass is 32.2. The fourth-order valence-corrected chi connectivity index (χ4v) is 4.39. The third kappa shape index (κ3) is 4.99. The van der Waals surface area contributed by atoms with E-state index in [4.69, 9.17) is 5.10 Å². The Bertz CT molecular complexity index is 1500. The van der Waals surface area contributed by atoms with E-state index in [9.17, 15) is 21.6 Å². The number of alkyl halides is 3. The predicted octanol–water partition coefficient (Wildman–Crippen LogP) is 5.00. The average molecular weight is 501 g/mol. The number of hydrogen-bond donors (Lipinski definition) is 0. The predicted molar refractivity (Wildman–Crippen MR) is 124 cm³/mol. The molecule has 1 saturated carbocycles. The Morgan fingerprint density at radius 1 is 1.00 bits per heavy atom. The molecular formula is C24H19F3N4O3S. The average Bonchev–Trinajstić information content (AvgIpc) is 3.53. The summed E-state index contributed by atoms with van der Waals surface area (Å²) in [5.74, 6) is -0.353. The van der Waals surface area contributed by atoms with Crippen molar-refractivity contribution in [3.63, 3.8) is 0 Å². The second kappa shape index (κ2) is 8.42. The standard InChI is InChI=1S/C24H19F3N4O3S/c1-35(32,33)20-7-3-5-18(15-20)31-22(10-12-28-31)23-21(16-8-9-16)11-13-30(29-23)17-4-2-6-19(14-17)34-24(25,26)27/h2-7,10-15H,8-9H2,1H3. The van der Waals surface area contributed by atoms with E-state index in [0.717, 1.165) is 24.7 Å². The van der Waals surface area contributed by atoms with Gasteiger partial charge in [0.05, 0.1) is 28.2 Å². The molecule has 0 amide bonds. The molecule has 0 saturated heterocycles. The maximum absolute atomic E-state index is 12.7. The van der Waals surface area contributed by atoms with Crippen LogP contribution in [0, 0.1) is 0 Å². The highest BCUT2D eigenvalue weighted by molar-refractivity contribution is 7.90. The number of hydrogen-bond acceptors (Lipinski definition) is 6. The van der Waals surface area contributed by atoms with Crippen LogP contribution >= 0.6 is 0 Å². The number of sulfone groups is 1. The number of aromatic nitrogens is 2. The molecule has 2 aliphatic rings. The van der Waals surface area contributed by atoms with Crippen molar-refractivity contribution in [2.45, 2.75) is 24.1 Å². The van der Waals surface area contributed by atoms with Crippen LogP contribution in [0.1, 0.15) is 18.5 Å². The van der Waals surface area contributed by atoms with E-state index in [-0.39, 0.29) is 10.6 Å². The second-order valence-electron chi connectivity index (χ2n) is 8.07. The van der Waals surface area contributed by atoms with Crippen LogP contribution in [0.25, 0.3) is 5.69 Å². The maximum Gasteiger partial charge on any atom is 0.573 e. The highest BCUT2D eigenvalue weighted by Crippen LogP contribution is 2.37. The topological polar surface area (TPSA) is 76.8 Å². The fourth-order valence-electron chi connectivity index (χ4n) is 3.73. The van der Waals surface area contributed by atoms with Gasteiger partial charge in [0.25, 0.3) is 0 Å². The monoisotopic (exact) mass is 500 g/mol. The molecule has 0 N–H and O–H groups in total.